The summed E-state index contributed by atoms with van der Waals surface area (Å²) in [5.41, 5.74) is 1.76. The van der Waals surface area contributed by atoms with E-state index in [1.807, 2.05) is 29.2 Å². The highest BCUT2D eigenvalue weighted by Gasteiger charge is 2.17. The Balaban J connectivity index is 1.52. The summed E-state index contributed by atoms with van der Waals surface area (Å²) < 4.78 is 5.51. The summed E-state index contributed by atoms with van der Waals surface area (Å²) in [7, 11) is 0. The van der Waals surface area contributed by atoms with Crippen molar-refractivity contribution in [3.05, 3.63) is 35.0 Å². The first-order chi connectivity index (χ1) is 10.3. The van der Waals surface area contributed by atoms with Crippen LogP contribution < -0.4 is 5.32 Å². The molecular weight excluding hydrogens is 288 g/mol. The number of fused-ring (bicyclic) bond motifs is 1. The second-order valence-corrected chi connectivity index (χ2v) is 5.71. The van der Waals surface area contributed by atoms with Crippen LogP contribution in [0.25, 0.3) is 11.0 Å². The second kappa shape index (κ2) is 6.50. The summed E-state index contributed by atoms with van der Waals surface area (Å²) in [6.45, 7) is 3.10. The lowest BCUT2D eigenvalue weighted by Crippen LogP contribution is -2.30. The van der Waals surface area contributed by atoms with Gasteiger partial charge in [-0.2, -0.15) is 0 Å². The predicted molar refractivity (Wildman–Crippen MR) is 83.4 cm³/mol. The van der Waals surface area contributed by atoms with E-state index in [0.717, 1.165) is 42.5 Å². The molecule has 1 N–H and O–H groups in total. The van der Waals surface area contributed by atoms with Crippen molar-refractivity contribution in [1.82, 2.24) is 10.2 Å². The van der Waals surface area contributed by atoms with Crippen LogP contribution in [0.3, 0.4) is 0 Å². The molecule has 1 fully saturated rings. The molecule has 1 amide bonds. The standard InChI is InChI=1S/C16H19ClN2O2/c17-16-13(12-5-1-2-6-14(12)21-16)11-18-8-7-15(20)19-9-3-4-10-19/h1-2,5-6,18H,3-4,7-11H2. The molecule has 1 aliphatic heterocycles. The van der Waals surface area contributed by atoms with Gasteiger partial charge in [-0.15, -0.1) is 0 Å². The molecule has 1 saturated heterocycles. The van der Waals surface area contributed by atoms with Gasteiger partial charge in [-0.3, -0.25) is 4.79 Å². The average Bonchev–Trinajstić information content (AvgIpc) is 3.11. The van der Waals surface area contributed by atoms with E-state index < -0.39 is 0 Å². The smallest absolute Gasteiger partial charge is 0.223 e. The maximum atomic E-state index is 11.9. The molecule has 2 heterocycles. The van der Waals surface area contributed by atoms with Gasteiger partial charge in [0.15, 0.2) is 5.22 Å². The Labute approximate surface area is 129 Å². The number of furan rings is 1. The number of likely N-dealkylation sites (tertiary alicyclic amines) is 1. The Kier molecular flexibility index (Phi) is 4.46. The van der Waals surface area contributed by atoms with Gasteiger partial charge >= 0.3 is 0 Å². The molecule has 0 saturated carbocycles. The van der Waals surface area contributed by atoms with Crippen LogP contribution in [-0.2, 0) is 11.3 Å². The summed E-state index contributed by atoms with van der Waals surface area (Å²) in [4.78, 5) is 13.9. The summed E-state index contributed by atoms with van der Waals surface area (Å²) >= 11 is 6.13. The van der Waals surface area contributed by atoms with Crippen molar-refractivity contribution in [2.45, 2.75) is 25.8 Å². The van der Waals surface area contributed by atoms with E-state index in [4.69, 9.17) is 16.0 Å². The average molecular weight is 307 g/mol. The SMILES string of the molecule is O=C(CCNCc1c(Cl)oc2ccccc12)N1CCCC1. The molecule has 4 nitrogen and oxygen atoms in total. The quantitative estimate of drug-likeness (QED) is 0.863. The number of rotatable bonds is 5. The Morgan fingerprint density at radius 1 is 1.29 bits per heavy atom. The van der Waals surface area contributed by atoms with Gasteiger partial charge in [0.1, 0.15) is 5.58 Å². The number of nitrogens with one attached hydrogen (secondary N) is 1. The van der Waals surface area contributed by atoms with Crippen LogP contribution in [0.4, 0.5) is 0 Å². The third-order valence-corrected chi connectivity index (χ3v) is 4.23. The topological polar surface area (TPSA) is 45.5 Å². The van der Waals surface area contributed by atoms with Crippen molar-refractivity contribution in [3.63, 3.8) is 0 Å². The maximum absolute atomic E-state index is 11.9. The maximum Gasteiger partial charge on any atom is 0.223 e. The fourth-order valence-corrected chi connectivity index (χ4v) is 3.02. The molecular formula is C16H19ClN2O2. The number of amides is 1. The van der Waals surface area contributed by atoms with Crippen molar-refractivity contribution in [2.75, 3.05) is 19.6 Å². The summed E-state index contributed by atoms with van der Waals surface area (Å²) in [5.74, 6) is 0.239. The van der Waals surface area contributed by atoms with Gasteiger partial charge in [0, 0.05) is 43.5 Å². The van der Waals surface area contributed by atoms with Crippen molar-refractivity contribution < 1.29 is 9.21 Å². The largest absolute Gasteiger partial charge is 0.444 e. The van der Waals surface area contributed by atoms with Crippen LogP contribution >= 0.6 is 11.6 Å². The molecule has 21 heavy (non-hydrogen) atoms. The van der Waals surface area contributed by atoms with E-state index >= 15 is 0 Å². The van der Waals surface area contributed by atoms with Crippen LogP contribution in [-0.4, -0.2) is 30.4 Å². The third-order valence-electron chi connectivity index (χ3n) is 3.93. The first-order valence-corrected chi connectivity index (χ1v) is 7.78. The van der Waals surface area contributed by atoms with Crippen LogP contribution in [0.1, 0.15) is 24.8 Å². The number of carbonyl (C=O) groups is 1. The zero-order valence-electron chi connectivity index (χ0n) is 11.9. The van der Waals surface area contributed by atoms with E-state index in [-0.39, 0.29) is 5.91 Å². The fraction of sp³-hybridized carbons (Fsp3) is 0.438. The Bertz CT molecular complexity index is 632. The lowest BCUT2D eigenvalue weighted by molar-refractivity contribution is -0.130. The molecule has 0 bridgehead atoms. The Hall–Kier alpha value is -1.52. The summed E-state index contributed by atoms with van der Waals surface area (Å²) in [6, 6.07) is 7.79. The number of benzene rings is 1. The molecule has 0 radical (unpaired) electrons. The lowest BCUT2D eigenvalue weighted by atomic mass is 10.2. The van der Waals surface area contributed by atoms with Crippen molar-refractivity contribution in [2.24, 2.45) is 0 Å². The number of hydrogen-bond donors (Lipinski definition) is 1. The predicted octanol–water partition coefficient (Wildman–Crippen LogP) is 3.19. The fourth-order valence-electron chi connectivity index (χ4n) is 2.77. The first kappa shape index (κ1) is 14.4. The minimum atomic E-state index is 0.239. The molecule has 5 heteroatoms. The molecule has 1 aromatic carbocycles. The van der Waals surface area contributed by atoms with E-state index in [2.05, 4.69) is 5.32 Å². The highest BCUT2D eigenvalue weighted by atomic mass is 35.5. The zero-order valence-corrected chi connectivity index (χ0v) is 12.7. The minimum Gasteiger partial charge on any atom is -0.444 e. The number of para-hydroxylation sites is 1. The van der Waals surface area contributed by atoms with E-state index in [9.17, 15) is 4.79 Å². The van der Waals surface area contributed by atoms with Crippen molar-refractivity contribution >= 4 is 28.5 Å². The summed E-state index contributed by atoms with van der Waals surface area (Å²) in [5, 5.41) is 4.74. The van der Waals surface area contributed by atoms with Crippen LogP contribution in [0.15, 0.2) is 28.7 Å². The van der Waals surface area contributed by atoms with Gasteiger partial charge in [0.2, 0.25) is 5.91 Å². The van der Waals surface area contributed by atoms with Gasteiger partial charge in [0.25, 0.3) is 0 Å². The molecule has 0 unspecified atom stereocenters. The monoisotopic (exact) mass is 306 g/mol. The van der Waals surface area contributed by atoms with E-state index in [0.29, 0.717) is 24.7 Å². The number of hydrogen-bond acceptors (Lipinski definition) is 3. The number of carbonyl (C=O) groups excluding carboxylic acids is 1. The Morgan fingerprint density at radius 2 is 2.05 bits per heavy atom. The first-order valence-electron chi connectivity index (χ1n) is 7.40. The molecule has 112 valence electrons. The van der Waals surface area contributed by atoms with E-state index in [1.165, 1.54) is 0 Å². The van der Waals surface area contributed by atoms with Gasteiger partial charge in [-0.25, -0.2) is 0 Å². The third kappa shape index (κ3) is 3.22. The highest BCUT2D eigenvalue weighted by molar-refractivity contribution is 6.30. The van der Waals surface area contributed by atoms with E-state index in [1.54, 1.807) is 0 Å². The van der Waals surface area contributed by atoms with Crippen molar-refractivity contribution in [1.29, 1.82) is 0 Å². The van der Waals surface area contributed by atoms with Crippen molar-refractivity contribution in [3.8, 4) is 0 Å². The van der Waals surface area contributed by atoms with Gasteiger partial charge in [-0.1, -0.05) is 18.2 Å². The van der Waals surface area contributed by atoms with Gasteiger partial charge in [0.05, 0.1) is 0 Å². The Morgan fingerprint density at radius 3 is 2.86 bits per heavy atom. The second-order valence-electron chi connectivity index (χ2n) is 5.37. The molecule has 1 aromatic heterocycles. The summed E-state index contributed by atoms with van der Waals surface area (Å²) in [6.07, 6.45) is 2.80. The van der Waals surface area contributed by atoms with Crippen LogP contribution in [0.5, 0.6) is 0 Å². The van der Waals surface area contributed by atoms with Gasteiger partial charge < -0.3 is 14.6 Å². The molecule has 0 aliphatic carbocycles. The number of nitrogens with zero attached hydrogens (tertiary/aromatic N) is 1. The van der Waals surface area contributed by atoms with Crippen LogP contribution in [0.2, 0.25) is 5.22 Å². The molecule has 2 aromatic rings. The zero-order chi connectivity index (χ0) is 14.7. The normalized spacial score (nSPS) is 15.0. The minimum absolute atomic E-state index is 0.239. The molecule has 3 rings (SSSR count). The highest BCUT2D eigenvalue weighted by Crippen LogP contribution is 2.29. The van der Waals surface area contributed by atoms with Gasteiger partial charge in [-0.05, 0) is 30.5 Å². The molecule has 0 atom stereocenters. The lowest BCUT2D eigenvalue weighted by Gasteiger charge is -2.15. The number of halogens is 1. The molecule has 0 spiro atoms. The molecule has 1 aliphatic rings. The van der Waals surface area contributed by atoms with Crippen LogP contribution in [0, 0.1) is 0 Å².